The lowest BCUT2D eigenvalue weighted by atomic mass is 9.60. The van der Waals surface area contributed by atoms with Gasteiger partial charge in [-0.15, -0.1) is 0 Å². The predicted molar refractivity (Wildman–Crippen MR) is 109 cm³/mol. The maximum Gasteiger partial charge on any atom is 0.222 e. The standard InChI is InChI=1S/C24H28N2O2/c27-15-21-23(20-9-5-2-6-10-20)24(26(21)14-19-7-3-1-4-8-19)16-25(17-24)22(28)13-18-11-12-18/h1-10,18,21,23,27H,11-17H2/t21-,23-/m1/s1. The molecule has 4 heteroatoms. The van der Waals surface area contributed by atoms with Crippen molar-refractivity contribution < 1.29 is 9.90 Å². The molecule has 4 nitrogen and oxygen atoms in total. The van der Waals surface area contributed by atoms with E-state index in [0.717, 1.165) is 19.6 Å². The average molecular weight is 377 g/mol. The van der Waals surface area contributed by atoms with E-state index in [-0.39, 0.29) is 24.1 Å². The van der Waals surface area contributed by atoms with E-state index in [2.05, 4.69) is 53.4 Å². The van der Waals surface area contributed by atoms with Gasteiger partial charge in [0.2, 0.25) is 5.91 Å². The molecule has 3 aliphatic rings. The lowest BCUT2D eigenvalue weighted by molar-refractivity contribution is -0.200. The number of aliphatic hydroxyl groups excluding tert-OH is 1. The number of carbonyl (C=O) groups is 1. The van der Waals surface area contributed by atoms with Crippen molar-refractivity contribution in [2.24, 2.45) is 5.92 Å². The highest BCUT2D eigenvalue weighted by atomic mass is 16.3. The highest BCUT2D eigenvalue weighted by Crippen LogP contribution is 2.54. The summed E-state index contributed by atoms with van der Waals surface area (Å²) in [5.74, 6) is 1.21. The molecule has 2 atom stereocenters. The molecule has 2 aromatic carbocycles. The van der Waals surface area contributed by atoms with Crippen molar-refractivity contribution in [3.05, 3.63) is 71.8 Å². The van der Waals surface area contributed by atoms with Gasteiger partial charge in [0.15, 0.2) is 0 Å². The molecule has 0 aromatic heterocycles. The molecule has 0 unspecified atom stereocenters. The normalized spacial score (nSPS) is 26.0. The molecule has 1 amide bonds. The van der Waals surface area contributed by atoms with Crippen molar-refractivity contribution in [3.63, 3.8) is 0 Å². The first-order valence-corrected chi connectivity index (χ1v) is 10.5. The van der Waals surface area contributed by atoms with E-state index in [1.54, 1.807) is 0 Å². The first-order chi connectivity index (χ1) is 13.7. The summed E-state index contributed by atoms with van der Waals surface area (Å²) in [5.41, 5.74) is 2.49. The zero-order valence-electron chi connectivity index (χ0n) is 16.2. The zero-order chi connectivity index (χ0) is 19.1. The molecule has 28 heavy (non-hydrogen) atoms. The van der Waals surface area contributed by atoms with Gasteiger partial charge in [-0.3, -0.25) is 9.69 Å². The summed E-state index contributed by atoms with van der Waals surface area (Å²) in [6.07, 6.45) is 3.14. The molecule has 0 radical (unpaired) electrons. The van der Waals surface area contributed by atoms with E-state index in [9.17, 15) is 9.90 Å². The van der Waals surface area contributed by atoms with Crippen LogP contribution in [-0.4, -0.2) is 52.1 Å². The Morgan fingerprint density at radius 1 is 1.00 bits per heavy atom. The van der Waals surface area contributed by atoms with E-state index in [1.807, 2.05) is 17.0 Å². The third kappa shape index (κ3) is 2.96. The van der Waals surface area contributed by atoms with Crippen LogP contribution in [0.25, 0.3) is 0 Å². The molecule has 2 heterocycles. The van der Waals surface area contributed by atoms with Gasteiger partial charge in [-0.2, -0.15) is 0 Å². The lowest BCUT2D eigenvalue weighted by Gasteiger charge is -2.71. The Labute approximate surface area is 166 Å². The maximum atomic E-state index is 12.6. The van der Waals surface area contributed by atoms with Crippen LogP contribution < -0.4 is 0 Å². The molecule has 2 saturated heterocycles. The summed E-state index contributed by atoms with van der Waals surface area (Å²) in [6, 6.07) is 21.1. The summed E-state index contributed by atoms with van der Waals surface area (Å²) < 4.78 is 0. The maximum absolute atomic E-state index is 12.6. The van der Waals surface area contributed by atoms with Crippen LogP contribution in [0.3, 0.4) is 0 Å². The van der Waals surface area contributed by atoms with Gasteiger partial charge in [0.25, 0.3) is 0 Å². The van der Waals surface area contributed by atoms with Crippen LogP contribution in [-0.2, 0) is 11.3 Å². The van der Waals surface area contributed by atoms with Gasteiger partial charge >= 0.3 is 0 Å². The van der Waals surface area contributed by atoms with E-state index in [0.29, 0.717) is 18.2 Å². The third-order valence-corrected chi connectivity index (χ3v) is 6.92. The second-order valence-corrected chi connectivity index (χ2v) is 8.75. The molecular weight excluding hydrogens is 348 g/mol. The summed E-state index contributed by atoms with van der Waals surface area (Å²) in [7, 11) is 0. The van der Waals surface area contributed by atoms with Crippen LogP contribution in [0, 0.1) is 5.92 Å². The van der Waals surface area contributed by atoms with Crippen LogP contribution in [0.2, 0.25) is 0 Å². The highest BCUT2D eigenvalue weighted by molar-refractivity contribution is 5.78. The molecule has 2 aliphatic heterocycles. The summed E-state index contributed by atoms with van der Waals surface area (Å²) >= 11 is 0. The Kier molecular flexibility index (Phi) is 4.48. The van der Waals surface area contributed by atoms with Crippen LogP contribution in [0.4, 0.5) is 0 Å². The van der Waals surface area contributed by atoms with Crippen molar-refractivity contribution in [3.8, 4) is 0 Å². The van der Waals surface area contributed by atoms with Gasteiger partial charge in [-0.1, -0.05) is 60.7 Å². The first kappa shape index (κ1) is 17.9. The Bertz CT molecular complexity index is 828. The van der Waals surface area contributed by atoms with Crippen LogP contribution in [0.5, 0.6) is 0 Å². The average Bonchev–Trinajstić information content (AvgIpc) is 3.49. The third-order valence-electron chi connectivity index (χ3n) is 6.92. The van der Waals surface area contributed by atoms with Gasteiger partial charge in [-0.05, 0) is 29.9 Å². The van der Waals surface area contributed by atoms with Crippen molar-refractivity contribution >= 4 is 5.91 Å². The SMILES string of the molecule is O=C(CC1CC1)N1CC2(C1)[C@H](c1ccccc1)[C@@H](CO)N2Cc1ccccc1. The number of hydrogen-bond acceptors (Lipinski definition) is 3. The Hall–Kier alpha value is -2.17. The van der Waals surface area contributed by atoms with Gasteiger partial charge in [-0.25, -0.2) is 0 Å². The highest BCUT2D eigenvalue weighted by Gasteiger charge is 2.66. The molecule has 3 fully saturated rings. The minimum Gasteiger partial charge on any atom is -0.395 e. The van der Waals surface area contributed by atoms with Crippen LogP contribution in [0.1, 0.15) is 36.3 Å². The molecule has 1 spiro atoms. The fourth-order valence-corrected chi connectivity index (χ4v) is 5.28. The zero-order valence-corrected chi connectivity index (χ0v) is 16.2. The number of rotatable bonds is 6. The number of aliphatic hydroxyl groups is 1. The summed E-state index contributed by atoms with van der Waals surface area (Å²) in [5, 5.41) is 10.2. The van der Waals surface area contributed by atoms with Crippen molar-refractivity contribution in [1.82, 2.24) is 9.80 Å². The number of benzene rings is 2. The molecule has 0 bridgehead atoms. The molecule has 1 aliphatic carbocycles. The van der Waals surface area contributed by atoms with E-state index < -0.39 is 0 Å². The second-order valence-electron chi connectivity index (χ2n) is 8.75. The topological polar surface area (TPSA) is 43.8 Å². The monoisotopic (exact) mass is 376 g/mol. The van der Waals surface area contributed by atoms with Crippen molar-refractivity contribution in [1.29, 1.82) is 0 Å². The van der Waals surface area contributed by atoms with Gasteiger partial charge in [0, 0.05) is 38.0 Å². The minimum atomic E-state index is -0.0518. The van der Waals surface area contributed by atoms with E-state index in [1.165, 1.54) is 24.0 Å². The number of likely N-dealkylation sites (tertiary alicyclic amines) is 2. The summed E-state index contributed by atoms with van der Waals surface area (Å²) in [4.78, 5) is 17.1. The molecular formula is C24H28N2O2. The molecule has 146 valence electrons. The number of nitrogens with zero attached hydrogens (tertiary/aromatic N) is 2. The van der Waals surface area contributed by atoms with Gasteiger partial charge in [0.05, 0.1) is 12.1 Å². The first-order valence-electron chi connectivity index (χ1n) is 10.5. The smallest absolute Gasteiger partial charge is 0.222 e. The van der Waals surface area contributed by atoms with Crippen molar-refractivity contribution in [2.45, 2.75) is 43.3 Å². The molecule has 1 saturated carbocycles. The largest absolute Gasteiger partial charge is 0.395 e. The molecule has 2 aromatic rings. The van der Waals surface area contributed by atoms with Crippen molar-refractivity contribution in [2.75, 3.05) is 19.7 Å². The van der Waals surface area contributed by atoms with Gasteiger partial charge < -0.3 is 10.0 Å². The van der Waals surface area contributed by atoms with Gasteiger partial charge in [0.1, 0.15) is 0 Å². The quantitative estimate of drug-likeness (QED) is 0.843. The number of carbonyl (C=O) groups excluding carboxylic acids is 1. The summed E-state index contributed by atoms with van der Waals surface area (Å²) in [6.45, 7) is 2.52. The van der Waals surface area contributed by atoms with Crippen LogP contribution in [0.15, 0.2) is 60.7 Å². The molecule has 1 N–H and O–H groups in total. The fourth-order valence-electron chi connectivity index (χ4n) is 5.28. The Balaban J connectivity index is 1.40. The number of hydrogen-bond donors (Lipinski definition) is 1. The van der Waals surface area contributed by atoms with E-state index in [4.69, 9.17) is 0 Å². The Morgan fingerprint density at radius 2 is 1.64 bits per heavy atom. The van der Waals surface area contributed by atoms with Crippen LogP contribution >= 0.6 is 0 Å². The fraction of sp³-hybridized carbons (Fsp3) is 0.458. The predicted octanol–water partition coefficient (Wildman–Crippen LogP) is 3.03. The molecule has 5 rings (SSSR count). The minimum absolute atomic E-state index is 0.0518. The Morgan fingerprint density at radius 3 is 2.25 bits per heavy atom. The number of amides is 1. The lowest BCUT2D eigenvalue weighted by Crippen LogP contribution is -2.84. The van der Waals surface area contributed by atoms with E-state index >= 15 is 0 Å². The second kappa shape index (κ2) is 7.02.